The number of allylic oxidation sites excluding steroid dienone is 3. The van der Waals surface area contributed by atoms with Crippen molar-refractivity contribution in [1.29, 1.82) is 0 Å². The molecule has 0 rings (SSSR count). The first-order valence-corrected chi connectivity index (χ1v) is 16.3. The highest BCUT2D eigenvalue weighted by Gasteiger charge is 2.45. The molecule has 124 valence electrons. The Bertz CT molecular complexity index is 451. The molecule has 0 spiro atoms. The smallest absolute Gasteiger partial charge is 0.283 e. The predicted molar refractivity (Wildman–Crippen MR) is 101 cm³/mol. The Morgan fingerprint density at radius 2 is 1.62 bits per heavy atom. The van der Waals surface area contributed by atoms with Crippen molar-refractivity contribution in [2.24, 2.45) is 0 Å². The zero-order valence-electron chi connectivity index (χ0n) is 15.0. The van der Waals surface area contributed by atoms with Crippen LogP contribution in [0.3, 0.4) is 0 Å². The first-order valence-electron chi connectivity index (χ1n) is 7.33. The average molecular weight is 368 g/mol. The van der Waals surface area contributed by atoms with Crippen LogP contribution < -0.4 is 0 Å². The van der Waals surface area contributed by atoms with Gasteiger partial charge >= 0.3 is 0 Å². The van der Waals surface area contributed by atoms with Gasteiger partial charge in [-0.05, 0) is 18.9 Å². The fraction of sp³-hybridized carbons (Fsp3) is 0.714. The van der Waals surface area contributed by atoms with Gasteiger partial charge in [0.05, 0.1) is 5.03 Å². The molecule has 0 bridgehead atoms. The summed E-state index contributed by atoms with van der Waals surface area (Å²) in [7, 11) is -5.18. The van der Waals surface area contributed by atoms with Crippen LogP contribution in [0.2, 0.25) is 39.3 Å². The van der Waals surface area contributed by atoms with Gasteiger partial charge in [0, 0.05) is 12.9 Å². The molecule has 0 aliphatic heterocycles. The molecule has 0 aliphatic carbocycles. The van der Waals surface area contributed by atoms with Crippen LogP contribution in [0.4, 0.5) is 0 Å². The lowest BCUT2D eigenvalue weighted by Gasteiger charge is -2.45. The summed E-state index contributed by atoms with van der Waals surface area (Å²) < 4.78 is 21.2. The number of halogens is 1. The van der Waals surface area contributed by atoms with Crippen LogP contribution in [0.15, 0.2) is 22.5 Å². The van der Waals surface area contributed by atoms with Crippen molar-refractivity contribution in [3.8, 4) is 0 Å². The first-order chi connectivity index (χ1) is 9.33. The number of hydrogen-bond donors (Lipinski definition) is 0. The molecule has 0 fully saturated rings. The lowest BCUT2D eigenvalue weighted by molar-refractivity contribution is 0.382. The Hall–Kier alpha value is 0.354. The molecule has 0 aromatic rings. The fourth-order valence-corrected chi connectivity index (χ4v) is 19.8. The second kappa shape index (κ2) is 7.76. The van der Waals surface area contributed by atoms with Crippen molar-refractivity contribution >= 4 is 35.6 Å². The normalized spacial score (nSPS) is 18.0. The van der Waals surface area contributed by atoms with Gasteiger partial charge in [0.2, 0.25) is 0 Å². The summed E-state index contributed by atoms with van der Waals surface area (Å²) in [4.78, 5) is 0. The summed E-state index contributed by atoms with van der Waals surface area (Å²) >= 11 is 6.40. The second-order valence-corrected chi connectivity index (χ2v) is 20.4. The van der Waals surface area contributed by atoms with Crippen molar-refractivity contribution in [1.82, 2.24) is 4.00 Å². The number of rotatable bonds is 7. The molecule has 1 unspecified atom stereocenters. The van der Waals surface area contributed by atoms with E-state index in [9.17, 15) is 4.57 Å². The van der Waals surface area contributed by atoms with E-state index in [1.165, 1.54) is 7.11 Å². The minimum Gasteiger partial charge on any atom is -0.319 e. The highest BCUT2D eigenvalue weighted by atomic mass is 35.5. The standard InChI is InChI=1S/C14H31ClNO2PSi2/c1-10-13(11-2)14(15)12-19(17,18-3)16(20(4,5)6)21(7,8)9/h10,12H,11H2,1-9H3/b13-10-,14-12-. The van der Waals surface area contributed by atoms with Crippen LogP contribution >= 0.6 is 19.1 Å². The van der Waals surface area contributed by atoms with Gasteiger partial charge in [-0.15, -0.1) is 0 Å². The van der Waals surface area contributed by atoms with E-state index >= 15 is 0 Å². The Morgan fingerprint density at radius 1 is 1.19 bits per heavy atom. The molecule has 0 saturated heterocycles. The van der Waals surface area contributed by atoms with E-state index in [1.54, 1.807) is 5.82 Å². The Balaban J connectivity index is 6.05. The maximum Gasteiger partial charge on any atom is 0.283 e. The van der Waals surface area contributed by atoms with Gasteiger partial charge < -0.3 is 4.52 Å². The monoisotopic (exact) mass is 367 g/mol. The van der Waals surface area contributed by atoms with Gasteiger partial charge in [-0.3, -0.25) is 8.57 Å². The predicted octanol–water partition coefficient (Wildman–Crippen LogP) is 6.23. The molecule has 0 aromatic heterocycles. The van der Waals surface area contributed by atoms with E-state index in [4.69, 9.17) is 16.1 Å². The highest BCUT2D eigenvalue weighted by molar-refractivity contribution is 7.64. The van der Waals surface area contributed by atoms with Gasteiger partial charge in [0.15, 0.2) is 0 Å². The van der Waals surface area contributed by atoms with Crippen molar-refractivity contribution in [2.75, 3.05) is 7.11 Å². The maximum atomic E-state index is 13.5. The minimum atomic E-state index is -3.07. The fourth-order valence-electron chi connectivity index (χ4n) is 2.77. The lowest BCUT2D eigenvalue weighted by Crippen LogP contribution is -2.56. The van der Waals surface area contributed by atoms with Gasteiger partial charge in [-0.1, -0.05) is 63.9 Å². The Morgan fingerprint density at radius 3 is 1.86 bits per heavy atom. The summed E-state index contributed by atoms with van der Waals surface area (Å²) in [6.07, 6.45) is 2.78. The lowest BCUT2D eigenvalue weighted by atomic mass is 10.2. The zero-order valence-corrected chi connectivity index (χ0v) is 18.6. The van der Waals surface area contributed by atoms with Gasteiger partial charge in [0.1, 0.15) is 16.5 Å². The number of hydrogen-bond acceptors (Lipinski definition) is 2. The van der Waals surface area contributed by atoms with Crippen LogP contribution in [-0.2, 0) is 9.09 Å². The van der Waals surface area contributed by atoms with E-state index < -0.39 is 24.0 Å². The van der Waals surface area contributed by atoms with Crippen LogP contribution in [0, 0.1) is 0 Å². The zero-order chi connectivity index (χ0) is 17.1. The quantitative estimate of drug-likeness (QED) is 0.303. The highest BCUT2D eigenvalue weighted by Crippen LogP contribution is 2.58. The molecule has 0 aliphatic rings. The van der Waals surface area contributed by atoms with Gasteiger partial charge in [-0.25, -0.2) is 0 Å². The summed E-state index contributed by atoms with van der Waals surface area (Å²) in [6.45, 7) is 17.2. The number of nitrogens with zero attached hydrogens (tertiary/aromatic N) is 1. The minimum absolute atomic E-state index is 0.548. The van der Waals surface area contributed by atoms with Crippen LogP contribution in [-0.4, -0.2) is 27.6 Å². The molecule has 0 heterocycles. The van der Waals surface area contributed by atoms with E-state index in [1.807, 2.05) is 19.9 Å². The molecule has 0 radical (unpaired) electrons. The summed E-state index contributed by atoms with van der Waals surface area (Å²) in [5.74, 6) is 1.66. The molecule has 0 N–H and O–H groups in total. The molecular weight excluding hydrogens is 337 g/mol. The van der Waals surface area contributed by atoms with Gasteiger partial charge in [0.25, 0.3) is 7.52 Å². The first kappa shape index (κ1) is 21.4. The summed E-state index contributed by atoms with van der Waals surface area (Å²) in [5.41, 5.74) is 1.00. The molecule has 7 heteroatoms. The molecule has 3 nitrogen and oxygen atoms in total. The molecule has 21 heavy (non-hydrogen) atoms. The third-order valence-corrected chi connectivity index (χ3v) is 17.1. The molecule has 0 saturated carbocycles. The van der Waals surface area contributed by atoms with Crippen molar-refractivity contribution < 1.29 is 9.09 Å². The molecular formula is C14H31ClNO2PSi2. The van der Waals surface area contributed by atoms with E-state index in [-0.39, 0.29) is 0 Å². The Kier molecular flexibility index (Phi) is 7.89. The third-order valence-electron chi connectivity index (χ3n) is 3.12. The second-order valence-electron chi connectivity index (χ2n) is 7.04. The van der Waals surface area contributed by atoms with Crippen LogP contribution in [0.1, 0.15) is 20.3 Å². The summed E-state index contributed by atoms with van der Waals surface area (Å²) in [6, 6.07) is 0. The van der Waals surface area contributed by atoms with Crippen LogP contribution in [0.25, 0.3) is 0 Å². The topological polar surface area (TPSA) is 29.5 Å². The Labute approximate surface area is 138 Å². The average Bonchev–Trinajstić information content (AvgIpc) is 2.26. The molecule has 1 atom stereocenters. The molecule has 0 aromatic carbocycles. The SMILES string of the molecule is C/C=C(CC)\C(Cl)=C\P(=O)(OC)N([Si](C)(C)C)[Si](C)(C)C. The van der Waals surface area contributed by atoms with E-state index in [0.717, 1.165) is 12.0 Å². The summed E-state index contributed by atoms with van der Waals surface area (Å²) in [5, 5.41) is 0.548. The van der Waals surface area contributed by atoms with E-state index in [0.29, 0.717) is 5.03 Å². The van der Waals surface area contributed by atoms with Crippen LogP contribution in [0.5, 0.6) is 0 Å². The largest absolute Gasteiger partial charge is 0.319 e. The van der Waals surface area contributed by atoms with Crippen molar-refractivity contribution in [3.63, 3.8) is 0 Å². The maximum absolute atomic E-state index is 13.5. The van der Waals surface area contributed by atoms with Crippen molar-refractivity contribution in [2.45, 2.75) is 59.6 Å². The van der Waals surface area contributed by atoms with Gasteiger partial charge in [-0.2, -0.15) is 0 Å². The molecule has 0 amide bonds. The van der Waals surface area contributed by atoms with Crippen molar-refractivity contribution in [3.05, 3.63) is 22.5 Å². The van der Waals surface area contributed by atoms with E-state index in [2.05, 4.69) is 43.3 Å². The third kappa shape index (κ3) is 5.81.